The molecular formula is C8H15FO. The predicted octanol–water partition coefficient (Wildman–Crippen LogP) is 2.65. The predicted molar refractivity (Wildman–Crippen MR) is 38.5 cm³/mol. The zero-order chi connectivity index (χ0) is 7.40. The molecule has 1 aliphatic rings. The van der Waals surface area contributed by atoms with E-state index in [1.807, 2.05) is 0 Å². The van der Waals surface area contributed by atoms with Gasteiger partial charge < -0.3 is 4.74 Å². The van der Waals surface area contributed by atoms with Crippen LogP contribution in [0.5, 0.6) is 0 Å². The van der Waals surface area contributed by atoms with Crippen molar-refractivity contribution < 1.29 is 9.13 Å². The summed E-state index contributed by atoms with van der Waals surface area (Å²) in [5, 5.41) is 0. The second-order valence-electron chi connectivity index (χ2n) is 2.94. The van der Waals surface area contributed by atoms with Crippen molar-refractivity contribution >= 4 is 0 Å². The van der Waals surface area contributed by atoms with Gasteiger partial charge in [-0.1, -0.05) is 19.3 Å². The highest BCUT2D eigenvalue weighted by Crippen LogP contribution is 2.21. The minimum Gasteiger partial charge on any atom is -0.345 e. The third-order valence-electron chi connectivity index (χ3n) is 1.93. The maximum Gasteiger partial charge on any atom is 0.196 e. The van der Waals surface area contributed by atoms with Crippen LogP contribution < -0.4 is 0 Å². The van der Waals surface area contributed by atoms with Crippen LogP contribution in [-0.2, 0) is 4.74 Å². The number of hydrogen-bond donors (Lipinski definition) is 0. The molecule has 1 fully saturated rings. The van der Waals surface area contributed by atoms with Gasteiger partial charge in [0, 0.05) is 0 Å². The average Bonchev–Trinajstić information content (AvgIpc) is 1.88. The largest absolute Gasteiger partial charge is 0.345 e. The Balaban J connectivity index is 2.13. The monoisotopic (exact) mass is 146 g/mol. The van der Waals surface area contributed by atoms with Crippen molar-refractivity contribution in [2.75, 3.05) is 0 Å². The Morgan fingerprint density at radius 2 is 1.90 bits per heavy atom. The lowest BCUT2D eigenvalue weighted by Crippen LogP contribution is -2.19. The second-order valence-corrected chi connectivity index (χ2v) is 2.94. The van der Waals surface area contributed by atoms with Crippen molar-refractivity contribution in [1.29, 1.82) is 0 Å². The summed E-state index contributed by atoms with van der Waals surface area (Å²) in [7, 11) is 0. The normalized spacial score (nSPS) is 24.6. The molecule has 1 atom stereocenters. The minimum absolute atomic E-state index is 0.203. The van der Waals surface area contributed by atoms with Crippen LogP contribution in [0.1, 0.15) is 39.0 Å². The van der Waals surface area contributed by atoms with Crippen LogP contribution in [0, 0.1) is 0 Å². The summed E-state index contributed by atoms with van der Waals surface area (Å²) in [6.07, 6.45) is 4.93. The SMILES string of the molecule is CC(F)OC1CCCCC1. The van der Waals surface area contributed by atoms with Gasteiger partial charge in [-0.05, 0) is 19.8 Å². The van der Waals surface area contributed by atoms with Crippen LogP contribution in [0.15, 0.2) is 0 Å². The van der Waals surface area contributed by atoms with Gasteiger partial charge in [-0.15, -0.1) is 0 Å². The van der Waals surface area contributed by atoms with Crippen LogP contribution in [0.25, 0.3) is 0 Å². The summed E-state index contributed by atoms with van der Waals surface area (Å²) in [5.41, 5.74) is 0. The first-order valence-electron chi connectivity index (χ1n) is 4.08. The average molecular weight is 146 g/mol. The van der Waals surface area contributed by atoms with Crippen LogP contribution in [0.4, 0.5) is 4.39 Å². The van der Waals surface area contributed by atoms with Gasteiger partial charge in [-0.3, -0.25) is 0 Å². The summed E-state index contributed by atoms with van der Waals surface area (Å²) in [4.78, 5) is 0. The highest BCUT2D eigenvalue weighted by Gasteiger charge is 2.15. The third kappa shape index (κ3) is 2.65. The molecule has 1 unspecified atom stereocenters. The molecule has 0 aromatic rings. The van der Waals surface area contributed by atoms with E-state index in [9.17, 15) is 4.39 Å². The van der Waals surface area contributed by atoms with Crippen LogP contribution in [-0.4, -0.2) is 12.5 Å². The summed E-state index contributed by atoms with van der Waals surface area (Å²) in [6.45, 7) is 1.45. The molecule has 0 aromatic heterocycles. The zero-order valence-corrected chi connectivity index (χ0v) is 6.48. The second kappa shape index (κ2) is 3.91. The number of alkyl halides is 1. The molecule has 0 aromatic carbocycles. The molecule has 0 spiro atoms. The van der Waals surface area contributed by atoms with E-state index >= 15 is 0 Å². The topological polar surface area (TPSA) is 9.23 Å². The molecule has 1 nitrogen and oxygen atoms in total. The van der Waals surface area contributed by atoms with Gasteiger partial charge in [-0.25, -0.2) is 4.39 Å². The smallest absolute Gasteiger partial charge is 0.196 e. The quantitative estimate of drug-likeness (QED) is 0.582. The first-order valence-corrected chi connectivity index (χ1v) is 4.08. The molecule has 1 saturated carbocycles. The molecule has 0 radical (unpaired) electrons. The van der Waals surface area contributed by atoms with E-state index in [4.69, 9.17) is 4.74 Å². The Morgan fingerprint density at radius 1 is 1.30 bits per heavy atom. The molecule has 0 amide bonds. The van der Waals surface area contributed by atoms with Crippen molar-refractivity contribution in [1.82, 2.24) is 0 Å². The standard InChI is InChI=1S/C8H15FO/c1-7(9)10-8-5-3-2-4-6-8/h7-8H,2-6H2,1H3. The van der Waals surface area contributed by atoms with Crippen molar-refractivity contribution in [3.8, 4) is 0 Å². The van der Waals surface area contributed by atoms with Crippen LogP contribution >= 0.6 is 0 Å². The lowest BCUT2D eigenvalue weighted by Gasteiger charge is -2.22. The van der Waals surface area contributed by atoms with Gasteiger partial charge >= 0.3 is 0 Å². The van der Waals surface area contributed by atoms with Gasteiger partial charge in [0.05, 0.1) is 6.10 Å². The van der Waals surface area contributed by atoms with Gasteiger partial charge in [0.2, 0.25) is 0 Å². The van der Waals surface area contributed by atoms with Gasteiger partial charge in [0.15, 0.2) is 6.36 Å². The third-order valence-corrected chi connectivity index (χ3v) is 1.93. The van der Waals surface area contributed by atoms with E-state index in [1.165, 1.54) is 26.2 Å². The van der Waals surface area contributed by atoms with Crippen molar-refractivity contribution in [2.45, 2.75) is 51.5 Å². The van der Waals surface area contributed by atoms with E-state index < -0.39 is 6.36 Å². The number of hydrogen-bond acceptors (Lipinski definition) is 1. The van der Waals surface area contributed by atoms with Crippen molar-refractivity contribution in [3.05, 3.63) is 0 Å². The molecule has 2 heteroatoms. The molecule has 0 N–H and O–H groups in total. The summed E-state index contributed by atoms with van der Waals surface area (Å²) in [5.74, 6) is 0. The maximum absolute atomic E-state index is 12.3. The molecule has 10 heavy (non-hydrogen) atoms. The highest BCUT2D eigenvalue weighted by atomic mass is 19.1. The zero-order valence-electron chi connectivity index (χ0n) is 6.48. The van der Waals surface area contributed by atoms with Crippen LogP contribution in [0.3, 0.4) is 0 Å². The number of halogens is 1. The summed E-state index contributed by atoms with van der Waals surface area (Å²) >= 11 is 0. The minimum atomic E-state index is -1.08. The molecule has 1 rings (SSSR count). The molecule has 0 bridgehead atoms. The Hall–Kier alpha value is -0.110. The van der Waals surface area contributed by atoms with E-state index in [0.717, 1.165) is 12.8 Å². The first kappa shape index (κ1) is 7.99. The Kier molecular flexibility index (Phi) is 3.13. The maximum atomic E-state index is 12.3. The molecule has 60 valence electrons. The molecule has 0 aliphatic heterocycles. The van der Waals surface area contributed by atoms with E-state index in [0.29, 0.717) is 0 Å². The number of ether oxygens (including phenoxy) is 1. The lowest BCUT2D eigenvalue weighted by atomic mass is 9.98. The van der Waals surface area contributed by atoms with Crippen molar-refractivity contribution in [2.24, 2.45) is 0 Å². The lowest BCUT2D eigenvalue weighted by molar-refractivity contribution is -0.0854. The van der Waals surface area contributed by atoms with E-state index in [2.05, 4.69) is 0 Å². The molecule has 0 heterocycles. The fourth-order valence-electron chi connectivity index (χ4n) is 1.47. The number of rotatable bonds is 2. The Labute approximate surface area is 61.6 Å². The Bertz CT molecular complexity index is 87.3. The van der Waals surface area contributed by atoms with Crippen molar-refractivity contribution in [3.63, 3.8) is 0 Å². The first-order chi connectivity index (χ1) is 4.79. The Morgan fingerprint density at radius 3 is 2.40 bits per heavy atom. The fourth-order valence-corrected chi connectivity index (χ4v) is 1.47. The van der Waals surface area contributed by atoms with Gasteiger partial charge in [0.1, 0.15) is 0 Å². The van der Waals surface area contributed by atoms with Gasteiger partial charge in [-0.2, -0.15) is 0 Å². The fraction of sp³-hybridized carbons (Fsp3) is 1.00. The van der Waals surface area contributed by atoms with Gasteiger partial charge in [0.25, 0.3) is 0 Å². The highest BCUT2D eigenvalue weighted by molar-refractivity contribution is 4.64. The molecule has 0 saturated heterocycles. The molecule has 1 aliphatic carbocycles. The summed E-state index contributed by atoms with van der Waals surface area (Å²) < 4.78 is 17.3. The summed E-state index contributed by atoms with van der Waals surface area (Å²) in [6, 6.07) is 0. The van der Waals surface area contributed by atoms with E-state index in [1.54, 1.807) is 0 Å². The van der Waals surface area contributed by atoms with E-state index in [-0.39, 0.29) is 6.10 Å². The molecular weight excluding hydrogens is 131 g/mol. The van der Waals surface area contributed by atoms with Crippen LogP contribution in [0.2, 0.25) is 0 Å².